The van der Waals surface area contributed by atoms with Gasteiger partial charge in [-0.1, -0.05) is 32.9 Å². The third-order valence-electron chi connectivity index (χ3n) is 3.38. The zero-order valence-corrected chi connectivity index (χ0v) is 11.2. The van der Waals surface area contributed by atoms with Crippen molar-refractivity contribution in [2.75, 3.05) is 11.4 Å². The van der Waals surface area contributed by atoms with E-state index < -0.39 is 0 Å². The maximum Gasteiger partial charge on any atom is 0.228 e. The van der Waals surface area contributed by atoms with Gasteiger partial charge in [0.25, 0.3) is 0 Å². The number of carbonyl (C=O) groups excluding carboxylic acids is 1. The van der Waals surface area contributed by atoms with Crippen molar-refractivity contribution in [1.29, 1.82) is 0 Å². The molecule has 2 nitrogen and oxygen atoms in total. The van der Waals surface area contributed by atoms with Crippen molar-refractivity contribution in [1.82, 2.24) is 0 Å². The number of hydrogen-bond donors (Lipinski definition) is 0. The first kappa shape index (κ1) is 12.7. The van der Waals surface area contributed by atoms with E-state index in [0.717, 1.165) is 5.69 Å². The molecule has 18 heavy (non-hydrogen) atoms. The molecule has 0 spiro atoms. The van der Waals surface area contributed by atoms with Crippen molar-refractivity contribution in [3.63, 3.8) is 0 Å². The first-order chi connectivity index (χ1) is 8.41. The van der Waals surface area contributed by atoms with Crippen molar-refractivity contribution in [3.05, 3.63) is 29.8 Å². The van der Waals surface area contributed by atoms with Gasteiger partial charge in [0, 0.05) is 24.6 Å². The van der Waals surface area contributed by atoms with E-state index in [1.165, 1.54) is 5.56 Å². The lowest BCUT2D eigenvalue weighted by atomic mass is 9.87. The molecule has 1 heterocycles. The standard InChI is InChI=1S/C16H19NO/c1-5-12-9-15(18)17(11-12)14-8-6-7-13(10-14)16(2,3)4/h1,6-8,10,12H,9,11H2,2-4H3. The van der Waals surface area contributed by atoms with E-state index in [9.17, 15) is 4.79 Å². The van der Waals surface area contributed by atoms with Gasteiger partial charge < -0.3 is 4.90 Å². The molecule has 1 aliphatic heterocycles. The number of nitrogens with zero attached hydrogens (tertiary/aromatic N) is 1. The van der Waals surface area contributed by atoms with Crippen LogP contribution in [0.3, 0.4) is 0 Å². The molecule has 0 radical (unpaired) electrons. The highest BCUT2D eigenvalue weighted by Gasteiger charge is 2.29. The van der Waals surface area contributed by atoms with Crippen LogP contribution in [-0.2, 0) is 10.2 Å². The number of benzene rings is 1. The minimum Gasteiger partial charge on any atom is -0.311 e. The first-order valence-electron chi connectivity index (χ1n) is 6.29. The Bertz CT molecular complexity index is 505. The van der Waals surface area contributed by atoms with Gasteiger partial charge in [0.2, 0.25) is 5.91 Å². The average molecular weight is 241 g/mol. The van der Waals surface area contributed by atoms with Crippen LogP contribution in [0.2, 0.25) is 0 Å². The Morgan fingerprint density at radius 1 is 1.39 bits per heavy atom. The lowest BCUT2D eigenvalue weighted by Crippen LogP contribution is -2.25. The molecule has 1 aromatic rings. The molecule has 0 saturated carbocycles. The zero-order chi connectivity index (χ0) is 13.3. The quantitative estimate of drug-likeness (QED) is 0.692. The number of terminal acetylenes is 1. The number of rotatable bonds is 1. The summed E-state index contributed by atoms with van der Waals surface area (Å²) in [4.78, 5) is 13.7. The molecule has 0 aromatic heterocycles. The van der Waals surface area contributed by atoms with Crippen LogP contribution in [0.4, 0.5) is 5.69 Å². The second kappa shape index (κ2) is 4.49. The maximum atomic E-state index is 11.9. The molecule has 2 heteroatoms. The largest absolute Gasteiger partial charge is 0.311 e. The van der Waals surface area contributed by atoms with E-state index in [2.05, 4.69) is 38.8 Å². The molecular formula is C16H19NO. The summed E-state index contributed by atoms with van der Waals surface area (Å²) < 4.78 is 0. The molecule has 1 atom stereocenters. The van der Waals surface area contributed by atoms with Crippen molar-refractivity contribution in [2.45, 2.75) is 32.6 Å². The summed E-state index contributed by atoms with van der Waals surface area (Å²) in [5, 5.41) is 0. The number of carbonyl (C=O) groups is 1. The molecular weight excluding hydrogens is 222 g/mol. The van der Waals surface area contributed by atoms with Crippen molar-refractivity contribution in [2.24, 2.45) is 5.92 Å². The topological polar surface area (TPSA) is 20.3 Å². The summed E-state index contributed by atoms with van der Waals surface area (Å²) in [7, 11) is 0. The number of hydrogen-bond acceptors (Lipinski definition) is 1. The molecule has 0 aliphatic carbocycles. The summed E-state index contributed by atoms with van der Waals surface area (Å²) in [6.07, 6.45) is 5.88. The van der Waals surface area contributed by atoms with Gasteiger partial charge in [-0.3, -0.25) is 4.79 Å². The predicted octanol–water partition coefficient (Wildman–Crippen LogP) is 2.97. The van der Waals surface area contributed by atoms with Gasteiger partial charge in [-0.2, -0.15) is 0 Å². The van der Waals surface area contributed by atoms with Crippen LogP contribution >= 0.6 is 0 Å². The van der Waals surface area contributed by atoms with Crippen molar-refractivity contribution >= 4 is 11.6 Å². The molecule has 1 amide bonds. The summed E-state index contributed by atoms with van der Waals surface area (Å²) in [5.41, 5.74) is 2.28. The molecule has 94 valence electrons. The number of amides is 1. The SMILES string of the molecule is C#CC1CC(=O)N(c2cccc(C(C)(C)C)c2)C1. The fraction of sp³-hybridized carbons (Fsp3) is 0.438. The second-order valence-corrected chi connectivity index (χ2v) is 5.87. The van der Waals surface area contributed by atoms with E-state index in [0.29, 0.717) is 13.0 Å². The molecule has 0 N–H and O–H groups in total. The van der Waals surface area contributed by atoms with E-state index in [-0.39, 0.29) is 17.2 Å². The van der Waals surface area contributed by atoms with Gasteiger partial charge in [-0.25, -0.2) is 0 Å². The Labute approximate surface area is 109 Å². The van der Waals surface area contributed by atoms with Gasteiger partial charge in [-0.05, 0) is 23.1 Å². The maximum absolute atomic E-state index is 11.9. The minimum atomic E-state index is 0.0517. The van der Waals surface area contributed by atoms with Crippen molar-refractivity contribution in [3.8, 4) is 12.3 Å². The van der Waals surface area contributed by atoms with E-state index in [4.69, 9.17) is 6.42 Å². The smallest absolute Gasteiger partial charge is 0.228 e. The summed E-state index contributed by atoms with van der Waals surface area (Å²) in [6, 6.07) is 8.18. The van der Waals surface area contributed by atoms with Crippen LogP contribution in [0.5, 0.6) is 0 Å². The molecule has 1 unspecified atom stereocenters. The third-order valence-corrected chi connectivity index (χ3v) is 3.38. The molecule has 1 saturated heterocycles. The minimum absolute atomic E-state index is 0.0517. The normalized spacial score (nSPS) is 20.0. The highest BCUT2D eigenvalue weighted by Crippen LogP contribution is 2.29. The third kappa shape index (κ3) is 2.41. The first-order valence-corrected chi connectivity index (χ1v) is 6.29. The van der Waals surface area contributed by atoms with Crippen LogP contribution in [-0.4, -0.2) is 12.5 Å². The molecule has 2 rings (SSSR count). The Hall–Kier alpha value is -1.75. The van der Waals surface area contributed by atoms with Crippen LogP contribution in [0.1, 0.15) is 32.8 Å². The summed E-state index contributed by atoms with van der Waals surface area (Å²) in [5.74, 6) is 2.86. The van der Waals surface area contributed by atoms with E-state index in [1.807, 2.05) is 12.1 Å². The van der Waals surface area contributed by atoms with Gasteiger partial charge in [0.05, 0.1) is 0 Å². The molecule has 1 aromatic carbocycles. The van der Waals surface area contributed by atoms with Crippen molar-refractivity contribution < 1.29 is 4.79 Å². The lowest BCUT2D eigenvalue weighted by molar-refractivity contribution is -0.117. The van der Waals surface area contributed by atoms with Gasteiger partial charge >= 0.3 is 0 Å². The highest BCUT2D eigenvalue weighted by atomic mass is 16.2. The Kier molecular flexibility index (Phi) is 3.17. The van der Waals surface area contributed by atoms with E-state index in [1.54, 1.807) is 4.90 Å². The van der Waals surface area contributed by atoms with E-state index >= 15 is 0 Å². The van der Waals surface area contributed by atoms with Gasteiger partial charge in [0.1, 0.15) is 0 Å². The second-order valence-electron chi connectivity index (χ2n) is 5.87. The molecule has 1 fully saturated rings. The fourth-order valence-corrected chi connectivity index (χ4v) is 2.21. The average Bonchev–Trinajstić information content (AvgIpc) is 2.70. The highest BCUT2D eigenvalue weighted by molar-refractivity contribution is 5.96. The molecule has 0 bridgehead atoms. The van der Waals surface area contributed by atoms with Crippen LogP contribution in [0.25, 0.3) is 0 Å². The van der Waals surface area contributed by atoms with Gasteiger partial charge in [0.15, 0.2) is 0 Å². The van der Waals surface area contributed by atoms with Crippen LogP contribution < -0.4 is 4.90 Å². The number of anilines is 1. The predicted molar refractivity (Wildman–Crippen MR) is 74.4 cm³/mol. The van der Waals surface area contributed by atoms with Gasteiger partial charge in [-0.15, -0.1) is 12.3 Å². The monoisotopic (exact) mass is 241 g/mol. The Morgan fingerprint density at radius 2 is 2.11 bits per heavy atom. The van der Waals surface area contributed by atoms with Crippen LogP contribution in [0, 0.1) is 18.3 Å². The van der Waals surface area contributed by atoms with Crippen LogP contribution in [0.15, 0.2) is 24.3 Å². The zero-order valence-electron chi connectivity index (χ0n) is 11.2. The fourth-order valence-electron chi connectivity index (χ4n) is 2.21. The molecule has 1 aliphatic rings. The lowest BCUT2D eigenvalue weighted by Gasteiger charge is -2.22. The summed E-state index contributed by atoms with van der Waals surface area (Å²) >= 11 is 0. The summed E-state index contributed by atoms with van der Waals surface area (Å²) in [6.45, 7) is 7.15. The Morgan fingerprint density at radius 3 is 2.67 bits per heavy atom. The Balaban J connectivity index is 2.30.